The van der Waals surface area contributed by atoms with Crippen LogP contribution in [0.25, 0.3) is 10.6 Å². The van der Waals surface area contributed by atoms with E-state index in [0.29, 0.717) is 15.6 Å². The van der Waals surface area contributed by atoms with Gasteiger partial charge in [0.05, 0.1) is 11.4 Å². The maximum atomic E-state index is 10.9. The van der Waals surface area contributed by atoms with Gasteiger partial charge in [0.15, 0.2) is 5.69 Å². The summed E-state index contributed by atoms with van der Waals surface area (Å²) in [6.07, 6.45) is -0.0875. The Morgan fingerprint density at radius 1 is 1.36 bits per heavy atom. The smallest absolute Gasteiger partial charge is 0.355 e. The van der Waals surface area contributed by atoms with Crippen molar-refractivity contribution in [3.05, 3.63) is 39.9 Å². The van der Waals surface area contributed by atoms with Gasteiger partial charge in [0.1, 0.15) is 5.01 Å². The second-order valence-corrected chi connectivity index (χ2v) is 5.88. The van der Waals surface area contributed by atoms with Crippen molar-refractivity contribution in [2.75, 3.05) is 6.54 Å². The molecule has 0 aliphatic carbocycles. The molecule has 2 rings (SSSR count). The molecule has 8 heteroatoms. The molecule has 2 aromatic rings. The second kappa shape index (κ2) is 6.87. The Morgan fingerprint density at radius 3 is 2.64 bits per heavy atom. The lowest BCUT2D eigenvalue weighted by molar-refractivity contribution is -0.137. The SMILES string of the molecule is NCC(CC(=O)O)c1ccc(Cl)c(-c2nc(C(=O)O)cs2)c1. The summed E-state index contributed by atoms with van der Waals surface area (Å²) in [5, 5.41) is 20.2. The summed E-state index contributed by atoms with van der Waals surface area (Å²) in [4.78, 5) is 25.8. The molecule has 1 aromatic carbocycles. The minimum absolute atomic E-state index is 0.0534. The van der Waals surface area contributed by atoms with E-state index in [1.165, 1.54) is 5.38 Å². The minimum atomic E-state index is -1.11. The fraction of sp³-hybridized carbons (Fsp3) is 0.214. The third-order valence-electron chi connectivity index (χ3n) is 3.12. The van der Waals surface area contributed by atoms with E-state index in [0.717, 1.165) is 16.9 Å². The van der Waals surface area contributed by atoms with E-state index in [9.17, 15) is 9.59 Å². The highest BCUT2D eigenvalue weighted by molar-refractivity contribution is 7.13. The molecule has 0 aliphatic heterocycles. The molecule has 1 heterocycles. The third kappa shape index (κ3) is 3.62. The predicted octanol–water partition coefficient (Wildman–Crippen LogP) is 2.68. The molecular weight excluding hydrogens is 328 g/mol. The molecule has 0 bridgehead atoms. The van der Waals surface area contributed by atoms with Crippen LogP contribution in [0.1, 0.15) is 28.4 Å². The van der Waals surface area contributed by atoms with Crippen LogP contribution in [0.4, 0.5) is 0 Å². The molecule has 0 saturated heterocycles. The Kier molecular flexibility index (Phi) is 5.12. The van der Waals surface area contributed by atoms with Crippen molar-refractivity contribution in [1.82, 2.24) is 4.98 Å². The maximum absolute atomic E-state index is 10.9. The molecule has 0 fully saturated rings. The summed E-state index contributed by atoms with van der Waals surface area (Å²) in [5.74, 6) is -2.39. The summed E-state index contributed by atoms with van der Waals surface area (Å²) in [7, 11) is 0. The Balaban J connectivity index is 2.41. The first kappa shape index (κ1) is 16.4. The van der Waals surface area contributed by atoms with Crippen LogP contribution in [0, 0.1) is 0 Å². The van der Waals surface area contributed by atoms with Crippen molar-refractivity contribution in [3.63, 3.8) is 0 Å². The van der Waals surface area contributed by atoms with Crippen LogP contribution in [-0.2, 0) is 4.79 Å². The number of aromatic nitrogens is 1. The zero-order valence-electron chi connectivity index (χ0n) is 11.3. The molecule has 1 aromatic heterocycles. The molecule has 0 amide bonds. The average Bonchev–Trinajstić information content (AvgIpc) is 2.95. The summed E-state index contributed by atoms with van der Waals surface area (Å²) < 4.78 is 0. The monoisotopic (exact) mass is 340 g/mol. The van der Waals surface area contributed by atoms with Gasteiger partial charge in [-0.05, 0) is 24.2 Å². The van der Waals surface area contributed by atoms with Crippen LogP contribution < -0.4 is 5.73 Å². The average molecular weight is 341 g/mol. The Bertz CT molecular complexity index is 717. The molecular formula is C14H13ClN2O4S. The lowest BCUT2D eigenvalue weighted by Crippen LogP contribution is -2.16. The molecule has 116 valence electrons. The van der Waals surface area contributed by atoms with Gasteiger partial charge in [-0.15, -0.1) is 11.3 Å². The largest absolute Gasteiger partial charge is 0.481 e. The quantitative estimate of drug-likeness (QED) is 0.745. The zero-order valence-corrected chi connectivity index (χ0v) is 12.9. The Labute approximate surface area is 135 Å². The second-order valence-electron chi connectivity index (χ2n) is 4.61. The number of nitrogens with two attached hydrogens (primary N) is 1. The number of hydrogen-bond acceptors (Lipinski definition) is 5. The number of carboxylic acids is 2. The summed E-state index contributed by atoms with van der Waals surface area (Å²) in [5.41, 5.74) is 6.89. The van der Waals surface area contributed by atoms with Crippen LogP contribution >= 0.6 is 22.9 Å². The van der Waals surface area contributed by atoms with Crippen LogP contribution in [-0.4, -0.2) is 33.7 Å². The zero-order chi connectivity index (χ0) is 16.3. The van der Waals surface area contributed by atoms with E-state index < -0.39 is 11.9 Å². The van der Waals surface area contributed by atoms with Gasteiger partial charge in [0.25, 0.3) is 0 Å². The number of rotatable bonds is 6. The van der Waals surface area contributed by atoms with Crippen LogP contribution in [0.15, 0.2) is 23.6 Å². The highest BCUT2D eigenvalue weighted by Gasteiger charge is 2.18. The number of carboxylic acid groups (broad SMARTS) is 2. The summed E-state index contributed by atoms with van der Waals surface area (Å²) in [6, 6.07) is 5.07. The first-order valence-corrected chi connectivity index (χ1v) is 7.58. The molecule has 0 aliphatic rings. The maximum Gasteiger partial charge on any atom is 0.355 e. The van der Waals surface area contributed by atoms with Crippen molar-refractivity contribution < 1.29 is 19.8 Å². The van der Waals surface area contributed by atoms with E-state index in [1.54, 1.807) is 18.2 Å². The van der Waals surface area contributed by atoms with E-state index in [2.05, 4.69) is 4.98 Å². The number of halogens is 1. The highest BCUT2D eigenvalue weighted by Crippen LogP contribution is 2.33. The minimum Gasteiger partial charge on any atom is -0.481 e. The van der Waals surface area contributed by atoms with Crippen LogP contribution in [0.5, 0.6) is 0 Å². The van der Waals surface area contributed by atoms with E-state index in [4.69, 9.17) is 27.5 Å². The van der Waals surface area contributed by atoms with Crippen molar-refractivity contribution in [2.45, 2.75) is 12.3 Å². The fourth-order valence-electron chi connectivity index (χ4n) is 2.00. The van der Waals surface area contributed by atoms with Crippen molar-refractivity contribution in [3.8, 4) is 10.6 Å². The van der Waals surface area contributed by atoms with Crippen LogP contribution in [0.2, 0.25) is 5.02 Å². The number of aromatic carboxylic acids is 1. The molecule has 6 nitrogen and oxygen atoms in total. The lowest BCUT2D eigenvalue weighted by atomic mass is 9.94. The normalized spacial score (nSPS) is 12.1. The van der Waals surface area contributed by atoms with E-state index in [1.807, 2.05) is 0 Å². The number of thiazole rings is 1. The van der Waals surface area contributed by atoms with Crippen molar-refractivity contribution >= 4 is 34.9 Å². The lowest BCUT2D eigenvalue weighted by Gasteiger charge is -2.14. The Morgan fingerprint density at radius 2 is 2.09 bits per heavy atom. The van der Waals surface area contributed by atoms with Gasteiger partial charge >= 0.3 is 11.9 Å². The predicted molar refractivity (Wildman–Crippen MR) is 83.6 cm³/mol. The number of nitrogens with zero attached hydrogens (tertiary/aromatic N) is 1. The van der Waals surface area contributed by atoms with E-state index >= 15 is 0 Å². The number of benzene rings is 1. The van der Waals surface area contributed by atoms with Gasteiger partial charge < -0.3 is 15.9 Å². The molecule has 0 radical (unpaired) electrons. The number of carbonyl (C=O) groups is 2. The molecule has 4 N–H and O–H groups in total. The summed E-state index contributed by atoms with van der Waals surface area (Å²) >= 11 is 7.31. The fourth-order valence-corrected chi connectivity index (χ4v) is 3.09. The Hall–Kier alpha value is -1.96. The van der Waals surface area contributed by atoms with Crippen molar-refractivity contribution in [2.24, 2.45) is 5.73 Å². The molecule has 0 saturated carbocycles. The first-order chi connectivity index (χ1) is 10.4. The van der Waals surface area contributed by atoms with Crippen LogP contribution in [0.3, 0.4) is 0 Å². The van der Waals surface area contributed by atoms with Gasteiger partial charge in [-0.3, -0.25) is 4.79 Å². The van der Waals surface area contributed by atoms with Gasteiger partial charge in [-0.1, -0.05) is 17.7 Å². The van der Waals surface area contributed by atoms with Crippen molar-refractivity contribution in [1.29, 1.82) is 0 Å². The number of hydrogen-bond donors (Lipinski definition) is 3. The highest BCUT2D eigenvalue weighted by atomic mass is 35.5. The molecule has 22 heavy (non-hydrogen) atoms. The molecule has 0 spiro atoms. The van der Waals surface area contributed by atoms with Gasteiger partial charge in [0.2, 0.25) is 0 Å². The summed E-state index contributed by atoms with van der Waals surface area (Å²) in [6.45, 7) is 0.186. The first-order valence-electron chi connectivity index (χ1n) is 6.33. The van der Waals surface area contributed by atoms with Gasteiger partial charge in [-0.2, -0.15) is 0 Å². The van der Waals surface area contributed by atoms with Gasteiger partial charge in [-0.25, -0.2) is 9.78 Å². The number of aliphatic carboxylic acids is 1. The van der Waals surface area contributed by atoms with Gasteiger partial charge in [0, 0.05) is 16.9 Å². The standard InChI is InChI=1S/C14H13ClN2O4S/c15-10-2-1-7(8(5-16)4-12(18)19)3-9(10)13-17-11(6-22-13)14(20)21/h1-3,6,8H,4-5,16H2,(H,18,19)(H,20,21). The topological polar surface area (TPSA) is 114 Å². The molecule has 1 atom stereocenters. The van der Waals surface area contributed by atoms with E-state index in [-0.39, 0.29) is 24.6 Å². The third-order valence-corrected chi connectivity index (χ3v) is 4.33. The molecule has 1 unspecified atom stereocenters.